The van der Waals surface area contributed by atoms with Crippen LogP contribution >= 0.6 is 38.8 Å². The maximum atomic E-state index is 12.1. The Morgan fingerprint density at radius 3 is 2.81 bits per heavy atom. The van der Waals surface area contributed by atoms with Gasteiger partial charge < -0.3 is 0 Å². The van der Waals surface area contributed by atoms with E-state index in [1.807, 2.05) is 36.4 Å². The zero-order chi connectivity index (χ0) is 14.7. The zero-order valence-electron chi connectivity index (χ0n) is 10.7. The van der Waals surface area contributed by atoms with Crippen molar-refractivity contribution in [2.45, 2.75) is 0 Å². The first kappa shape index (κ1) is 14.3. The second-order valence-corrected chi connectivity index (χ2v) is 6.72. The van der Waals surface area contributed by atoms with Crippen molar-refractivity contribution in [3.05, 3.63) is 62.9 Å². The number of hydrogen-bond acceptors (Lipinski definition) is 5. The van der Waals surface area contributed by atoms with E-state index in [2.05, 4.69) is 25.5 Å². The number of allylic oxidation sites excluding steroid dienone is 1. The third-order valence-corrected chi connectivity index (χ3v) is 5.12. The van der Waals surface area contributed by atoms with Gasteiger partial charge in [-0.2, -0.15) is 0 Å². The minimum atomic E-state index is -0.0219. The molecule has 0 aliphatic heterocycles. The first-order valence-electron chi connectivity index (χ1n) is 6.08. The van der Waals surface area contributed by atoms with Gasteiger partial charge in [0.1, 0.15) is 0 Å². The van der Waals surface area contributed by atoms with Crippen LogP contribution < -0.4 is 0 Å². The molecular formula is C15H9BrN2OS2. The van der Waals surface area contributed by atoms with Gasteiger partial charge in [-0.3, -0.25) is 4.79 Å². The van der Waals surface area contributed by atoms with Crippen LogP contribution in [0.4, 0.5) is 0 Å². The third kappa shape index (κ3) is 3.34. The Kier molecular flexibility index (Phi) is 4.38. The fraction of sp³-hybridized carbons (Fsp3) is 0. The van der Waals surface area contributed by atoms with Crippen molar-refractivity contribution in [3.63, 3.8) is 0 Å². The summed E-state index contributed by atoms with van der Waals surface area (Å²) in [7, 11) is 0. The lowest BCUT2D eigenvalue weighted by Gasteiger charge is -1.99. The van der Waals surface area contributed by atoms with Gasteiger partial charge >= 0.3 is 0 Å². The van der Waals surface area contributed by atoms with Crippen LogP contribution in [0.5, 0.6) is 0 Å². The number of nitrogens with zero attached hydrogens (tertiary/aromatic N) is 2. The predicted octanol–water partition coefficient (Wildman–Crippen LogP) is 4.93. The van der Waals surface area contributed by atoms with Gasteiger partial charge in [-0.25, -0.2) is 0 Å². The summed E-state index contributed by atoms with van der Waals surface area (Å²) in [6, 6.07) is 11.8. The molecule has 3 rings (SSSR count). The van der Waals surface area contributed by atoms with E-state index in [0.29, 0.717) is 10.6 Å². The fourth-order valence-electron chi connectivity index (χ4n) is 1.76. The highest BCUT2D eigenvalue weighted by molar-refractivity contribution is 9.10. The van der Waals surface area contributed by atoms with Crippen LogP contribution in [0.2, 0.25) is 0 Å². The predicted molar refractivity (Wildman–Crippen MR) is 90.7 cm³/mol. The first-order chi connectivity index (χ1) is 10.2. The van der Waals surface area contributed by atoms with Crippen molar-refractivity contribution in [2.75, 3.05) is 0 Å². The lowest BCUT2D eigenvalue weighted by atomic mass is 10.2. The third-order valence-electron chi connectivity index (χ3n) is 2.77. The molecule has 6 heteroatoms. The molecule has 0 spiro atoms. The Bertz CT molecular complexity index is 794. The highest BCUT2D eigenvalue weighted by Gasteiger charge is 2.09. The smallest absolute Gasteiger partial charge is 0.195 e. The molecule has 3 aromatic rings. The Balaban J connectivity index is 1.82. The minimum absolute atomic E-state index is 0.0219. The first-order valence-corrected chi connectivity index (χ1v) is 8.53. The van der Waals surface area contributed by atoms with Gasteiger partial charge in [0.15, 0.2) is 5.78 Å². The molecule has 2 aromatic heterocycles. The molecule has 0 bridgehead atoms. The van der Waals surface area contributed by atoms with E-state index >= 15 is 0 Å². The molecule has 0 atom stereocenters. The van der Waals surface area contributed by atoms with Crippen LogP contribution in [-0.2, 0) is 0 Å². The molecule has 0 radical (unpaired) electrons. The van der Waals surface area contributed by atoms with E-state index in [1.165, 1.54) is 28.9 Å². The quantitative estimate of drug-likeness (QED) is 0.479. The maximum absolute atomic E-state index is 12.1. The van der Waals surface area contributed by atoms with Crippen LogP contribution in [0.15, 0.2) is 52.3 Å². The van der Waals surface area contributed by atoms with Crippen LogP contribution in [0.25, 0.3) is 16.5 Å². The molecule has 0 aliphatic carbocycles. The Labute approximate surface area is 138 Å². The van der Waals surface area contributed by atoms with E-state index in [4.69, 9.17) is 0 Å². The number of aromatic nitrogens is 2. The topological polar surface area (TPSA) is 42.9 Å². The second kappa shape index (κ2) is 6.43. The van der Waals surface area contributed by atoms with Gasteiger partial charge in [-0.05, 0) is 41.9 Å². The van der Waals surface area contributed by atoms with Crippen LogP contribution in [0, 0.1) is 0 Å². The lowest BCUT2D eigenvalue weighted by Crippen LogP contribution is -1.88. The molecule has 0 fully saturated rings. The lowest BCUT2D eigenvalue weighted by molar-refractivity contribution is 0.105. The molecule has 1 aromatic carbocycles. The normalized spacial score (nSPS) is 11.1. The van der Waals surface area contributed by atoms with Crippen molar-refractivity contribution >= 4 is 50.7 Å². The largest absolute Gasteiger partial charge is 0.288 e. The molecule has 0 amide bonds. The van der Waals surface area contributed by atoms with Crippen molar-refractivity contribution in [2.24, 2.45) is 0 Å². The fourth-order valence-corrected chi connectivity index (χ4v) is 3.78. The average Bonchev–Trinajstić information content (AvgIpc) is 3.17. The number of carbonyl (C=O) groups is 1. The Morgan fingerprint density at radius 2 is 2.05 bits per heavy atom. The van der Waals surface area contributed by atoms with Crippen molar-refractivity contribution in [3.8, 4) is 10.4 Å². The summed E-state index contributed by atoms with van der Waals surface area (Å²) < 4.78 is 4.78. The number of carbonyl (C=O) groups excluding carboxylic acids is 1. The van der Waals surface area contributed by atoms with Gasteiger partial charge in [0, 0.05) is 20.3 Å². The number of ketones is 1. The summed E-state index contributed by atoms with van der Waals surface area (Å²) in [5, 5.41) is 5.67. The van der Waals surface area contributed by atoms with E-state index in [9.17, 15) is 4.79 Å². The summed E-state index contributed by atoms with van der Waals surface area (Å²) in [5.74, 6) is -0.0219. The molecule has 0 aliphatic rings. The summed E-state index contributed by atoms with van der Waals surface area (Å²) in [5.41, 5.74) is 1.80. The maximum Gasteiger partial charge on any atom is 0.195 e. The van der Waals surface area contributed by atoms with E-state index in [-0.39, 0.29) is 5.78 Å². The van der Waals surface area contributed by atoms with Crippen molar-refractivity contribution in [1.82, 2.24) is 9.59 Å². The number of thiophene rings is 1. The van der Waals surface area contributed by atoms with E-state index < -0.39 is 0 Å². The van der Waals surface area contributed by atoms with Crippen molar-refractivity contribution < 1.29 is 4.79 Å². The zero-order valence-corrected chi connectivity index (χ0v) is 13.9. The molecule has 104 valence electrons. The number of halogens is 1. The highest BCUT2D eigenvalue weighted by atomic mass is 79.9. The van der Waals surface area contributed by atoms with E-state index in [0.717, 1.165) is 14.9 Å². The highest BCUT2D eigenvalue weighted by Crippen LogP contribution is 2.33. The number of rotatable bonds is 4. The monoisotopic (exact) mass is 376 g/mol. The molecular weight excluding hydrogens is 368 g/mol. The summed E-state index contributed by atoms with van der Waals surface area (Å²) >= 11 is 6.27. The van der Waals surface area contributed by atoms with E-state index in [1.54, 1.807) is 11.5 Å². The number of hydrogen-bond donors (Lipinski definition) is 0. The Hall–Kier alpha value is -1.63. The van der Waals surface area contributed by atoms with Gasteiger partial charge in [-0.1, -0.05) is 38.6 Å². The number of benzene rings is 1. The molecule has 2 heterocycles. The molecule has 21 heavy (non-hydrogen) atoms. The molecule has 3 nitrogen and oxygen atoms in total. The second-order valence-electron chi connectivity index (χ2n) is 4.17. The summed E-state index contributed by atoms with van der Waals surface area (Å²) in [4.78, 5) is 13.9. The van der Waals surface area contributed by atoms with Gasteiger partial charge in [0.2, 0.25) is 0 Å². The molecule has 0 N–H and O–H groups in total. The van der Waals surface area contributed by atoms with Crippen LogP contribution in [-0.4, -0.2) is 15.4 Å². The Morgan fingerprint density at radius 1 is 1.19 bits per heavy atom. The summed E-state index contributed by atoms with van der Waals surface area (Å²) in [6.45, 7) is 0. The standard InChI is InChI=1S/C15H9BrN2OS2/c16-12-4-2-1-3-11(12)14-7-8-15(21-14)13(19)6-5-10-9-20-18-17-10/h1-9H. The molecule has 0 saturated heterocycles. The SMILES string of the molecule is O=C(C=Cc1csnn1)c1ccc(-c2ccccc2Br)s1. The van der Waals surface area contributed by atoms with Crippen LogP contribution in [0.3, 0.4) is 0 Å². The molecule has 0 saturated carbocycles. The summed E-state index contributed by atoms with van der Waals surface area (Å²) in [6.07, 6.45) is 3.22. The van der Waals surface area contributed by atoms with Gasteiger partial charge in [0.05, 0.1) is 10.6 Å². The van der Waals surface area contributed by atoms with Gasteiger partial charge in [-0.15, -0.1) is 16.4 Å². The minimum Gasteiger partial charge on any atom is -0.288 e. The molecule has 0 unspecified atom stereocenters. The van der Waals surface area contributed by atoms with Crippen molar-refractivity contribution in [1.29, 1.82) is 0 Å². The average molecular weight is 377 g/mol. The van der Waals surface area contributed by atoms with Gasteiger partial charge in [0.25, 0.3) is 0 Å². The van der Waals surface area contributed by atoms with Crippen LogP contribution in [0.1, 0.15) is 15.4 Å².